The van der Waals surface area contributed by atoms with Crippen molar-refractivity contribution in [1.29, 1.82) is 0 Å². The van der Waals surface area contributed by atoms with E-state index in [-0.39, 0.29) is 0 Å². The molecule has 0 spiro atoms. The molecule has 0 aliphatic rings. The SMILES string of the molecule is CNC(C)c1ccc(-c2ccncc2)s1. The molecule has 0 aliphatic carbocycles. The average molecular weight is 218 g/mol. The van der Waals surface area contributed by atoms with Gasteiger partial charge in [-0.05, 0) is 43.8 Å². The summed E-state index contributed by atoms with van der Waals surface area (Å²) in [5.41, 5.74) is 1.24. The molecular formula is C12H14N2S. The summed E-state index contributed by atoms with van der Waals surface area (Å²) in [5.74, 6) is 0. The summed E-state index contributed by atoms with van der Waals surface area (Å²) in [5, 5.41) is 3.24. The monoisotopic (exact) mass is 218 g/mol. The number of rotatable bonds is 3. The summed E-state index contributed by atoms with van der Waals surface area (Å²) in [6, 6.07) is 8.86. The van der Waals surface area contributed by atoms with Crippen molar-refractivity contribution in [2.75, 3.05) is 7.05 Å². The van der Waals surface area contributed by atoms with E-state index in [1.807, 2.05) is 42.9 Å². The van der Waals surface area contributed by atoms with Crippen LogP contribution in [0.25, 0.3) is 10.4 Å². The lowest BCUT2D eigenvalue weighted by atomic mass is 10.2. The van der Waals surface area contributed by atoms with Crippen molar-refractivity contribution in [2.24, 2.45) is 0 Å². The fourth-order valence-electron chi connectivity index (χ4n) is 1.40. The van der Waals surface area contributed by atoms with Crippen LogP contribution in [0.2, 0.25) is 0 Å². The number of nitrogens with zero attached hydrogens (tertiary/aromatic N) is 1. The van der Waals surface area contributed by atoms with Gasteiger partial charge in [-0.1, -0.05) is 0 Å². The van der Waals surface area contributed by atoms with Gasteiger partial charge < -0.3 is 5.32 Å². The summed E-state index contributed by atoms with van der Waals surface area (Å²) >= 11 is 1.83. The van der Waals surface area contributed by atoms with Gasteiger partial charge in [0.1, 0.15) is 0 Å². The molecular weight excluding hydrogens is 204 g/mol. The lowest BCUT2D eigenvalue weighted by Crippen LogP contribution is -2.10. The number of hydrogen-bond donors (Lipinski definition) is 1. The van der Waals surface area contributed by atoms with Crippen molar-refractivity contribution in [3.05, 3.63) is 41.5 Å². The van der Waals surface area contributed by atoms with Crippen molar-refractivity contribution >= 4 is 11.3 Å². The maximum atomic E-state index is 4.02. The standard InChI is InChI=1S/C12H14N2S/c1-9(13-2)11-3-4-12(15-11)10-5-7-14-8-6-10/h3-9,13H,1-2H3. The maximum Gasteiger partial charge on any atom is 0.0383 e. The number of hydrogen-bond acceptors (Lipinski definition) is 3. The molecule has 2 heterocycles. The lowest BCUT2D eigenvalue weighted by Gasteiger charge is -2.05. The third kappa shape index (κ3) is 2.25. The zero-order chi connectivity index (χ0) is 10.7. The van der Waals surface area contributed by atoms with Crippen molar-refractivity contribution in [3.8, 4) is 10.4 Å². The minimum atomic E-state index is 0.422. The van der Waals surface area contributed by atoms with E-state index in [1.54, 1.807) is 0 Å². The highest BCUT2D eigenvalue weighted by molar-refractivity contribution is 7.15. The Labute approximate surface area is 94.0 Å². The highest BCUT2D eigenvalue weighted by Gasteiger charge is 2.07. The minimum absolute atomic E-state index is 0.422. The lowest BCUT2D eigenvalue weighted by molar-refractivity contribution is 0.664. The molecule has 1 atom stereocenters. The van der Waals surface area contributed by atoms with Crippen LogP contribution in [0.1, 0.15) is 17.8 Å². The molecule has 0 saturated heterocycles. The molecule has 2 rings (SSSR count). The molecule has 2 nitrogen and oxygen atoms in total. The van der Waals surface area contributed by atoms with Crippen LogP contribution in [0.3, 0.4) is 0 Å². The van der Waals surface area contributed by atoms with Crippen molar-refractivity contribution in [2.45, 2.75) is 13.0 Å². The fraction of sp³-hybridized carbons (Fsp3) is 0.250. The Morgan fingerprint density at radius 1 is 1.20 bits per heavy atom. The van der Waals surface area contributed by atoms with E-state index in [0.717, 1.165) is 0 Å². The maximum absolute atomic E-state index is 4.02. The molecule has 1 unspecified atom stereocenters. The topological polar surface area (TPSA) is 24.9 Å². The van der Waals surface area contributed by atoms with Gasteiger partial charge in [0.05, 0.1) is 0 Å². The van der Waals surface area contributed by atoms with Crippen LogP contribution in [0.15, 0.2) is 36.7 Å². The van der Waals surface area contributed by atoms with Gasteiger partial charge in [0.25, 0.3) is 0 Å². The van der Waals surface area contributed by atoms with Crippen LogP contribution in [0, 0.1) is 0 Å². The Balaban J connectivity index is 2.28. The van der Waals surface area contributed by atoms with Crippen LogP contribution in [-0.2, 0) is 0 Å². The second-order valence-corrected chi connectivity index (χ2v) is 4.56. The summed E-state index contributed by atoms with van der Waals surface area (Å²) < 4.78 is 0. The smallest absolute Gasteiger partial charge is 0.0383 e. The Bertz CT molecular complexity index is 422. The van der Waals surface area contributed by atoms with Gasteiger partial charge in [-0.2, -0.15) is 0 Å². The Kier molecular flexibility index (Phi) is 3.14. The number of nitrogens with one attached hydrogen (secondary N) is 1. The number of pyridine rings is 1. The number of thiophene rings is 1. The quantitative estimate of drug-likeness (QED) is 0.856. The first-order chi connectivity index (χ1) is 7.31. The molecule has 2 aromatic heterocycles. The summed E-state index contributed by atoms with van der Waals surface area (Å²) in [6.45, 7) is 2.17. The minimum Gasteiger partial charge on any atom is -0.313 e. The normalized spacial score (nSPS) is 12.7. The van der Waals surface area contributed by atoms with E-state index in [9.17, 15) is 0 Å². The van der Waals surface area contributed by atoms with Crippen LogP contribution in [-0.4, -0.2) is 12.0 Å². The van der Waals surface area contributed by atoms with Gasteiger partial charge >= 0.3 is 0 Å². The van der Waals surface area contributed by atoms with E-state index in [2.05, 4.69) is 29.4 Å². The molecule has 0 radical (unpaired) electrons. The highest BCUT2D eigenvalue weighted by Crippen LogP contribution is 2.30. The third-order valence-electron chi connectivity index (χ3n) is 2.45. The van der Waals surface area contributed by atoms with E-state index in [1.165, 1.54) is 15.3 Å². The van der Waals surface area contributed by atoms with Gasteiger partial charge in [0.15, 0.2) is 0 Å². The first-order valence-corrected chi connectivity index (χ1v) is 5.80. The molecule has 3 heteroatoms. The largest absolute Gasteiger partial charge is 0.313 e. The Morgan fingerprint density at radius 2 is 1.93 bits per heavy atom. The van der Waals surface area contributed by atoms with E-state index in [4.69, 9.17) is 0 Å². The van der Waals surface area contributed by atoms with E-state index < -0.39 is 0 Å². The average Bonchev–Trinajstić information content (AvgIpc) is 2.78. The van der Waals surface area contributed by atoms with E-state index in [0.29, 0.717) is 6.04 Å². The summed E-state index contributed by atoms with van der Waals surface area (Å²) in [6.07, 6.45) is 3.66. The molecule has 2 aromatic rings. The molecule has 0 saturated carbocycles. The molecule has 78 valence electrons. The van der Waals surface area contributed by atoms with Gasteiger partial charge in [-0.3, -0.25) is 4.98 Å². The fourth-order valence-corrected chi connectivity index (χ4v) is 2.47. The molecule has 0 aliphatic heterocycles. The zero-order valence-electron chi connectivity index (χ0n) is 8.90. The van der Waals surface area contributed by atoms with Gasteiger partial charge in [-0.25, -0.2) is 0 Å². The van der Waals surface area contributed by atoms with E-state index >= 15 is 0 Å². The Morgan fingerprint density at radius 3 is 2.60 bits per heavy atom. The van der Waals surface area contributed by atoms with Crippen LogP contribution >= 0.6 is 11.3 Å². The summed E-state index contributed by atoms with van der Waals surface area (Å²) in [4.78, 5) is 6.69. The van der Waals surface area contributed by atoms with Gasteiger partial charge in [0, 0.05) is 28.2 Å². The highest BCUT2D eigenvalue weighted by atomic mass is 32.1. The van der Waals surface area contributed by atoms with Gasteiger partial charge in [-0.15, -0.1) is 11.3 Å². The molecule has 0 bridgehead atoms. The zero-order valence-corrected chi connectivity index (χ0v) is 9.71. The first kappa shape index (κ1) is 10.3. The van der Waals surface area contributed by atoms with Crippen LogP contribution in [0.5, 0.6) is 0 Å². The van der Waals surface area contributed by atoms with Crippen LogP contribution in [0.4, 0.5) is 0 Å². The second-order valence-electron chi connectivity index (χ2n) is 3.45. The molecule has 0 fully saturated rings. The molecule has 0 aromatic carbocycles. The van der Waals surface area contributed by atoms with Gasteiger partial charge in [0.2, 0.25) is 0 Å². The van der Waals surface area contributed by atoms with Crippen LogP contribution < -0.4 is 5.32 Å². The molecule has 15 heavy (non-hydrogen) atoms. The molecule has 1 N–H and O–H groups in total. The van der Waals surface area contributed by atoms with Crippen molar-refractivity contribution in [3.63, 3.8) is 0 Å². The molecule has 0 amide bonds. The Hall–Kier alpha value is -1.19. The third-order valence-corrected chi connectivity index (χ3v) is 3.77. The summed E-state index contributed by atoms with van der Waals surface area (Å²) in [7, 11) is 1.98. The van der Waals surface area contributed by atoms with Crippen molar-refractivity contribution in [1.82, 2.24) is 10.3 Å². The second kappa shape index (κ2) is 4.55. The predicted molar refractivity (Wildman–Crippen MR) is 65.0 cm³/mol. The number of aromatic nitrogens is 1. The first-order valence-electron chi connectivity index (χ1n) is 4.98. The predicted octanol–water partition coefficient (Wildman–Crippen LogP) is 3.09. The van der Waals surface area contributed by atoms with Crippen molar-refractivity contribution < 1.29 is 0 Å².